The minimum atomic E-state index is -0.00738. The van der Waals surface area contributed by atoms with Crippen LogP contribution in [0.1, 0.15) is 36.0 Å². The molecule has 3 rings (SSSR count). The number of benzene rings is 2. The van der Waals surface area contributed by atoms with Gasteiger partial charge in [0.2, 0.25) is 5.91 Å². The molecule has 1 amide bonds. The molecule has 0 bridgehead atoms. The number of anilines is 1. The third-order valence-corrected chi connectivity index (χ3v) is 4.13. The lowest BCUT2D eigenvalue weighted by molar-refractivity contribution is -0.116. The fourth-order valence-electron chi connectivity index (χ4n) is 2.64. The highest BCUT2D eigenvalue weighted by Gasteiger charge is 2.06. The standard InChI is InChI=1S/C23H23NO2/c1-2-21-14-15-22(26-21)16-17-23(25)24-20-12-10-19(11-13-20)9-8-18-6-4-3-5-7-18/h3-15H,2,16-17H2,1H3,(H,24,25)/b9-8+. The van der Waals surface area contributed by atoms with Gasteiger partial charge in [0.1, 0.15) is 11.5 Å². The summed E-state index contributed by atoms with van der Waals surface area (Å²) in [6, 6.07) is 21.9. The van der Waals surface area contributed by atoms with Gasteiger partial charge in [-0.15, -0.1) is 0 Å². The zero-order chi connectivity index (χ0) is 18.2. The number of nitrogens with one attached hydrogen (secondary N) is 1. The smallest absolute Gasteiger partial charge is 0.224 e. The fraction of sp³-hybridized carbons (Fsp3) is 0.174. The molecule has 3 aromatic rings. The van der Waals surface area contributed by atoms with Gasteiger partial charge in [-0.3, -0.25) is 4.79 Å². The van der Waals surface area contributed by atoms with E-state index < -0.39 is 0 Å². The number of rotatable bonds is 7. The minimum absolute atomic E-state index is 0.00738. The zero-order valence-corrected chi connectivity index (χ0v) is 14.9. The largest absolute Gasteiger partial charge is 0.466 e. The lowest BCUT2D eigenvalue weighted by Crippen LogP contribution is -2.12. The zero-order valence-electron chi connectivity index (χ0n) is 14.9. The summed E-state index contributed by atoms with van der Waals surface area (Å²) in [5.74, 6) is 1.81. The van der Waals surface area contributed by atoms with Crippen molar-refractivity contribution in [2.24, 2.45) is 0 Å². The highest BCUT2D eigenvalue weighted by Crippen LogP contribution is 2.14. The molecule has 0 radical (unpaired) electrons. The molecule has 3 heteroatoms. The number of carbonyl (C=O) groups is 1. The van der Waals surface area contributed by atoms with Crippen LogP contribution in [0.3, 0.4) is 0 Å². The molecule has 3 nitrogen and oxygen atoms in total. The van der Waals surface area contributed by atoms with Crippen LogP contribution in [0.15, 0.2) is 71.1 Å². The van der Waals surface area contributed by atoms with Crippen LogP contribution in [0.4, 0.5) is 5.69 Å². The van der Waals surface area contributed by atoms with Gasteiger partial charge in [-0.2, -0.15) is 0 Å². The van der Waals surface area contributed by atoms with Crippen LogP contribution < -0.4 is 5.32 Å². The maximum atomic E-state index is 12.1. The molecule has 1 N–H and O–H groups in total. The number of carbonyl (C=O) groups excluding carboxylic acids is 1. The van der Waals surface area contributed by atoms with E-state index >= 15 is 0 Å². The van der Waals surface area contributed by atoms with Gasteiger partial charge >= 0.3 is 0 Å². The summed E-state index contributed by atoms with van der Waals surface area (Å²) in [4.78, 5) is 12.1. The van der Waals surface area contributed by atoms with Crippen LogP contribution in [0.5, 0.6) is 0 Å². The van der Waals surface area contributed by atoms with Crippen molar-refractivity contribution in [1.29, 1.82) is 0 Å². The minimum Gasteiger partial charge on any atom is -0.466 e. The van der Waals surface area contributed by atoms with Crippen LogP contribution in [0, 0.1) is 0 Å². The molecule has 0 aliphatic carbocycles. The Labute approximate surface area is 154 Å². The van der Waals surface area contributed by atoms with E-state index in [1.54, 1.807) is 0 Å². The monoisotopic (exact) mass is 345 g/mol. The average Bonchev–Trinajstić information content (AvgIpc) is 3.15. The van der Waals surface area contributed by atoms with Gasteiger partial charge in [0.25, 0.3) is 0 Å². The van der Waals surface area contributed by atoms with E-state index in [1.165, 1.54) is 0 Å². The lowest BCUT2D eigenvalue weighted by atomic mass is 10.1. The third kappa shape index (κ3) is 5.21. The van der Waals surface area contributed by atoms with E-state index in [-0.39, 0.29) is 5.91 Å². The Kier molecular flexibility index (Phi) is 6.05. The highest BCUT2D eigenvalue weighted by molar-refractivity contribution is 5.91. The second kappa shape index (κ2) is 8.86. The molecule has 1 heterocycles. The van der Waals surface area contributed by atoms with Crippen molar-refractivity contribution in [3.63, 3.8) is 0 Å². The van der Waals surface area contributed by atoms with E-state index in [0.717, 1.165) is 34.8 Å². The molecule has 1 aromatic heterocycles. The van der Waals surface area contributed by atoms with E-state index in [4.69, 9.17) is 4.42 Å². The highest BCUT2D eigenvalue weighted by atomic mass is 16.3. The van der Waals surface area contributed by atoms with Gasteiger partial charge in [0.05, 0.1) is 0 Å². The van der Waals surface area contributed by atoms with Crippen LogP contribution >= 0.6 is 0 Å². The van der Waals surface area contributed by atoms with Crippen LogP contribution in [-0.2, 0) is 17.6 Å². The molecular formula is C23H23NO2. The summed E-state index contributed by atoms with van der Waals surface area (Å²) in [6.45, 7) is 2.05. The molecule has 0 fully saturated rings. The van der Waals surface area contributed by atoms with E-state index in [9.17, 15) is 4.79 Å². The normalized spacial score (nSPS) is 11.0. The Morgan fingerprint density at radius 3 is 2.19 bits per heavy atom. The fourth-order valence-corrected chi connectivity index (χ4v) is 2.64. The van der Waals surface area contributed by atoms with Gasteiger partial charge in [-0.25, -0.2) is 0 Å². The Bertz CT molecular complexity index is 861. The Hall–Kier alpha value is -3.07. The van der Waals surface area contributed by atoms with Gasteiger partial charge < -0.3 is 9.73 Å². The van der Waals surface area contributed by atoms with E-state index in [0.29, 0.717) is 12.8 Å². The van der Waals surface area contributed by atoms with Crippen molar-refractivity contribution in [3.05, 3.63) is 89.4 Å². The van der Waals surface area contributed by atoms with E-state index in [2.05, 4.69) is 29.6 Å². The first kappa shape index (κ1) is 17.7. The van der Waals surface area contributed by atoms with Crippen molar-refractivity contribution in [2.75, 3.05) is 5.32 Å². The SMILES string of the molecule is CCc1ccc(CCC(=O)Nc2ccc(/C=C/c3ccccc3)cc2)o1. The van der Waals surface area contributed by atoms with Crippen molar-refractivity contribution in [3.8, 4) is 0 Å². The molecular weight excluding hydrogens is 322 g/mol. The van der Waals surface area contributed by atoms with Gasteiger partial charge in [0, 0.05) is 24.9 Å². The molecule has 2 aromatic carbocycles. The number of aryl methyl sites for hydroxylation is 2. The van der Waals surface area contributed by atoms with Crippen LogP contribution in [0.25, 0.3) is 12.2 Å². The molecule has 0 atom stereocenters. The average molecular weight is 345 g/mol. The van der Waals surface area contributed by atoms with Crippen LogP contribution in [-0.4, -0.2) is 5.91 Å². The van der Waals surface area contributed by atoms with Gasteiger partial charge in [-0.05, 0) is 35.4 Å². The van der Waals surface area contributed by atoms with Crippen molar-refractivity contribution < 1.29 is 9.21 Å². The summed E-state index contributed by atoms with van der Waals surface area (Å²) in [6.07, 6.45) is 6.03. The summed E-state index contributed by atoms with van der Waals surface area (Å²) in [5, 5.41) is 2.93. The Morgan fingerprint density at radius 2 is 1.54 bits per heavy atom. The summed E-state index contributed by atoms with van der Waals surface area (Å²) in [5.41, 5.74) is 3.06. The van der Waals surface area contributed by atoms with Crippen molar-refractivity contribution in [2.45, 2.75) is 26.2 Å². The molecule has 26 heavy (non-hydrogen) atoms. The molecule has 0 spiro atoms. The molecule has 0 aliphatic heterocycles. The quantitative estimate of drug-likeness (QED) is 0.568. The number of hydrogen-bond donors (Lipinski definition) is 1. The maximum absolute atomic E-state index is 12.1. The predicted octanol–water partition coefficient (Wildman–Crippen LogP) is 5.58. The van der Waals surface area contributed by atoms with Crippen LogP contribution in [0.2, 0.25) is 0 Å². The summed E-state index contributed by atoms with van der Waals surface area (Å²) >= 11 is 0. The number of amides is 1. The van der Waals surface area contributed by atoms with Gasteiger partial charge in [0.15, 0.2) is 0 Å². The van der Waals surface area contributed by atoms with Gasteiger partial charge in [-0.1, -0.05) is 61.5 Å². The van der Waals surface area contributed by atoms with Crippen molar-refractivity contribution in [1.82, 2.24) is 0 Å². The lowest BCUT2D eigenvalue weighted by Gasteiger charge is -2.05. The number of hydrogen-bond acceptors (Lipinski definition) is 2. The first-order chi connectivity index (χ1) is 12.7. The topological polar surface area (TPSA) is 42.2 Å². The predicted molar refractivity (Wildman–Crippen MR) is 107 cm³/mol. The Balaban J connectivity index is 1.50. The third-order valence-electron chi connectivity index (χ3n) is 4.13. The molecule has 0 unspecified atom stereocenters. The molecule has 0 saturated heterocycles. The molecule has 0 aliphatic rings. The first-order valence-corrected chi connectivity index (χ1v) is 8.93. The first-order valence-electron chi connectivity index (χ1n) is 8.93. The number of furan rings is 1. The molecule has 132 valence electrons. The Morgan fingerprint density at radius 1 is 0.885 bits per heavy atom. The summed E-state index contributed by atoms with van der Waals surface area (Å²) in [7, 11) is 0. The van der Waals surface area contributed by atoms with E-state index in [1.807, 2.05) is 61.5 Å². The second-order valence-corrected chi connectivity index (χ2v) is 6.14. The molecule has 0 saturated carbocycles. The summed E-state index contributed by atoms with van der Waals surface area (Å²) < 4.78 is 5.62. The van der Waals surface area contributed by atoms with Crippen molar-refractivity contribution >= 4 is 23.7 Å². The maximum Gasteiger partial charge on any atom is 0.224 e. The second-order valence-electron chi connectivity index (χ2n) is 6.14.